The Labute approximate surface area is 132 Å². The van der Waals surface area contributed by atoms with Crippen LogP contribution in [0.1, 0.15) is 49.5 Å². The topological polar surface area (TPSA) is 17.1 Å². The van der Waals surface area contributed by atoms with Crippen molar-refractivity contribution >= 4 is 16.6 Å². The highest BCUT2D eigenvalue weighted by atomic mass is 16.1. The van der Waals surface area contributed by atoms with E-state index in [9.17, 15) is 4.79 Å². The predicted octanol–water partition coefficient (Wildman–Crippen LogP) is 5.67. The van der Waals surface area contributed by atoms with Gasteiger partial charge in [0.1, 0.15) is 0 Å². The number of Topliss-reactive ketones (excluding diaryl/α,β-unsaturated/α-hetero) is 1. The molecular weight excluding hydrogens is 268 g/mol. The van der Waals surface area contributed by atoms with E-state index in [1.807, 2.05) is 18.2 Å². The molecule has 0 aliphatic heterocycles. The van der Waals surface area contributed by atoms with Gasteiger partial charge in [-0.3, -0.25) is 4.79 Å². The van der Waals surface area contributed by atoms with Crippen LogP contribution >= 0.6 is 0 Å². The minimum Gasteiger partial charge on any atom is -0.295 e. The Morgan fingerprint density at radius 1 is 1.05 bits per heavy atom. The van der Waals surface area contributed by atoms with Crippen molar-refractivity contribution in [1.29, 1.82) is 0 Å². The Hall–Kier alpha value is -2.15. The molecule has 3 rings (SSSR count). The van der Waals surface area contributed by atoms with Crippen molar-refractivity contribution in [3.8, 4) is 0 Å². The SMILES string of the molecule is CC(=O)c1cc2ccccc2cc1C1C=CC(C(C)(C)C)=C1. The molecular formula is C21H22O. The highest BCUT2D eigenvalue weighted by molar-refractivity contribution is 6.00. The average Bonchev–Trinajstić information content (AvgIpc) is 2.95. The van der Waals surface area contributed by atoms with Crippen LogP contribution in [0.4, 0.5) is 0 Å². The first-order valence-electron chi connectivity index (χ1n) is 7.80. The zero-order valence-corrected chi connectivity index (χ0v) is 13.7. The Bertz CT molecular complexity index is 800. The monoisotopic (exact) mass is 290 g/mol. The first-order valence-corrected chi connectivity index (χ1v) is 7.80. The smallest absolute Gasteiger partial charge is 0.160 e. The van der Waals surface area contributed by atoms with E-state index in [0.717, 1.165) is 16.5 Å². The Kier molecular flexibility index (Phi) is 3.52. The molecule has 0 bridgehead atoms. The van der Waals surface area contributed by atoms with Gasteiger partial charge in [-0.1, -0.05) is 63.3 Å². The first-order chi connectivity index (χ1) is 10.4. The van der Waals surface area contributed by atoms with Crippen molar-refractivity contribution in [2.45, 2.75) is 33.6 Å². The highest BCUT2D eigenvalue weighted by Crippen LogP contribution is 2.38. The number of carbonyl (C=O) groups is 1. The number of ketones is 1. The third-order valence-corrected chi connectivity index (χ3v) is 4.36. The quantitative estimate of drug-likeness (QED) is 0.651. The molecule has 0 fully saturated rings. The molecule has 1 unspecified atom stereocenters. The van der Waals surface area contributed by atoms with Gasteiger partial charge in [0.15, 0.2) is 5.78 Å². The minimum absolute atomic E-state index is 0.131. The molecule has 0 spiro atoms. The molecule has 22 heavy (non-hydrogen) atoms. The lowest BCUT2D eigenvalue weighted by atomic mass is 9.86. The summed E-state index contributed by atoms with van der Waals surface area (Å²) in [6, 6.07) is 12.4. The van der Waals surface area contributed by atoms with E-state index < -0.39 is 0 Å². The largest absolute Gasteiger partial charge is 0.295 e. The summed E-state index contributed by atoms with van der Waals surface area (Å²) in [5.41, 5.74) is 3.42. The zero-order chi connectivity index (χ0) is 15.9. The van der Waals surface area contributed by atoms with Gasteiger partial charge in [0.05, 0.1) is 0 Å². The number of allylic oxidation sites excluding steroid dienone is 4. The van der Waals surface area contributed by atoms with Crippen LogP contribution in [0.3, 0.4) is 0 Å². The summed E-state index contributed by atoms with van der Waals surface area (Å²) in [6.45, 7) is 8.31. The molecule has 0 heterocycles. The molecule has 1 heteroatoms. The second kappa shape index (κ2) is 5.24. The zero-order valence-electron chi connectivity index (χ0n) is 13.7. The molecule has 0 radical (unpaired) electrons. The molecule has 112 valence electrons. The first kappa shape index (κ1) is 14.8. The van der Waals surface area contributed by atoms with Gasteiger partial charge in [-0.2, -0.15) is 0 Å². The van der Waals surface area contributed by atoms with Crippen LogP contribution < -0.4 is 0 Å². The molecule has 1 atom stereocenters. The summed E-state index contributed by atoms with van der Waals surface area (Å²) in [5.74, 6) is 0.324. The maximum atomic E-state index is 12.1. The van der Waals surface area contributed by atoms with Gasteiger partial charge < -0.3 is 0 Å². The number of hydrogen-bond donors (Lipinski definition) is 0. The van der Waals surface area contributed by atoms with Crippen molar-refractivity contribution in [3.63, 3.8) is 0 Å². The molecule has 0 saturated heterocycles. The van der Waals surface area contributed by atoms with Crippen molar-refractivity contribution in [2.24, 2.45) is 5.41 Å². The van der Waals surface area contributed by atoms with Crippen LogP contribution in [0, 0.1) is 5.41 Å². The van der Waals surface area contributed by atoms with E-state index in [0.29, 0.717) is 0 Å². The Morgan fingerprint density at radius 2 is 1.68 bits per heavy atom. The lowest BCUT2D eigenvalue weighted by molar-refractivity contribution is 0.101. The fourth-order valence-electron chi connectivity index (χ4n) is 3.04. The highest BCUT2D eigenvalue weighted by Gasteiger charge is 2.23. The van der Waals surface area contributed by atoms with Gasteiger partial charge in [-0.25, -0.2) is 0 Å². The van der Waals surface area contributed by atoms with Crippen LogP contribution in [0.5, 0.6) is 0 Å². The summed E-state index contributed by atoms with van der Waals surface area (Å²) in [5, 5.41) is 2.31. The van der Waals surface area contributed by atoms with Crippen molar-refractivity contribution in [1.82, 2.24) is 0 Å². The summed E-state index contributed by atoms with van der Waals surface area (Å²) in [4.78, 5) is 12.1. The van der Waals surface area contributed by atoms with Crippen molar-refractivity contribution < 1.29 is 4.79 Å². The third-order valence-electron chi connectivity index (χ3n) is 4.36. The normalized spacial score (nSPS) is 17.8. The van der Waals surface area contributed by atoms with E-state index in [1.165, 1.54) is 11.0 Å². The van der Waals surface area contributed by atoms with Crippen molar-refractivity contribution in [3.05, 3.63) is 71.3 Å². The molecule has 1 nitrogen and oxygen atoms in total. The lowest BCUT2D eigenvalue weighted by Gasteiger charge is -2.19. The number of rotatable bonds is 2. The molecule has 0 aromatic heterocycles. The van der Waals surface area contributed by atoms with Gasteiger partial charge >= 0.3 is 0 Å². The van der Waals surface area contributed by atoms with Crippen LogP contribution in [-0.2, 0) is 0 Å². The molecule has 2 aromatic carbocycles. The van der Waals surface area contributed by atoms with Crippen LogP contribution in [-0.4, -0.2) is 5.78 Å². The van der Waals surface area contributed by atoms with E-state index in [4.69, 9.17) is 0 Å². The number of carbonyl (C=O) groups excluding carboxylic acids is 1. The fourth-order valence-corrected chi connectivity index (χ4v) is 3.04. The summed E-state index contributed by atoms with van der Waals surface area (Å²) >= 11 is 0. The summed E-state index contributed by atoms with van der Waals surface area (Å²) < 4.78 is 0. The number of fused-ring (bicyclic) bond motifs is 1. The molecule has 1 aliphatic carbocycles. The van der Waals surface area contributed by atoms with Crippen LogP contribution in [0.15, 0.2) is 60.2 Å². The van der Waals surface area contributed by atoms with E-state index in [1.54, 1.807) is 6.92 Å². The summed E-state index contributed by atoms with van der Waals surface area (Å²) in [6.07, 6.45) is 6.69. The standard InChI is InChI=1S/C21H22O/c1-14(22)19-12-15-7-5-6-8-16(15)13-20(19)17-9-10-18(11-17)21(2,3)4/h5-13,17H,1-4H3. The van der Waals surface area contributed by atoms with Crippen LogP contribution in [0.2, 0.25) is 0 Å². The lowest BCUT2D eigenvalue weighted by Crippen LogP contribution is -2.07. The predicted molar refractivity (Wildman–Crippen MR) is 93.4 cm³/mol. The van der Waals surface area contributed by atoms with E-state index in [2.05, 4.69) is 57.2 Å². The minimum atomic E-state index is 0.131. The molecule has 0 saturated carbocycles. The second-order valence-electron chi connectivity index (χ2n) is 7.10. The fraction of sp³-hybridized carbons (Fsp3) is 0.286. The summed E-state index contributed by atoms with van der Waals surface area (Å²) in [7, 11) is 0. The third kappa shape index (κ3) is 2.64. The molecule has 2 aromatic rings. The molecule has 0 amide bonds. The number of benzene rings is 2. The molecule has 0 N–H and O–H groups in total. The van der Waals surface area contributed by atoms with Gasteiger partial charge in [-0.05, 0) is 46.4 Å². The van der Waals surface area contributed by atoms with Gasteiger partial charge in [0.25, 0.3) is 0 Å². The number of hydrogen-bond acceptors (Lipinski definition) is 1. The van der Waals surface area contributed by atoms with Crippen LogP contribution in [0.25, 0.3) is 10.8 Å². The van der Waals surface area contributed by atoms with Gasteiger partial charge in [-0.15, -0.1) is 0 Å². The van der Waals surface area contributed by atoms with E-state index in [-0.39, 0.29) is 17.1 Å². The Balaban J connectivity index is 2.15. The molecule has 1 aliphatic rings. The van der Waals surface area contributed by atoms with Crippen molar-refractivity contribution in [2.75, 3.05) is 0 Å². The van der Waals surface area contributed by atoms with Gasteiger partial charge in [0.2, 0.25) is 0 Å². The second-order valence-corrected chi connectivity index (χ2v) is 7.10. The van der Waals surface area contributed by atoms with E-state index >= 15 is 0 Å². The Morgan fingerprint density at radius 3 is 2.23 bits per heavy atom. The van der Waals surface area contributed by atoms with Gasteiger partial charge in [0, 0.05) is 11.5 Å². The maximum absolute atomic E-state index is 12.1. The maximum Gasteiger partial charge on any atom is 0.160 e. The average molecular weight is 290 g/mol.